The van der Waals surface area contributed by atoms with Gasteiger partial charge in [-0.3, -0.25) is 13.9 Å². The van der Waals surface area contributed by atoms with Crippen LogP contribution in [0.15, 0.2) is 23.0 Å². The second kappa shape index (κ2) is 4.73. The van der Waals surface area contributed by atoms with Gasteiger partial charge in [-0.25, -0.2) is 13.2 Å². The molecule has 0 saturated heterocycles. The summed E-state index contributed by atoms with van der Waals surface area (Å²) in [7, 11) is 0.0341. The summed E-state index contributed by atoms with van der Waals surface area (Å²) in [6.45, 7) is 1.81. The predicted molar refractivity (Wildman–Crippen MR) is 75.9 cm³/mol. The van der Waals surface area contributed by atoms with Gasteiger partial charge in [0.1, 0.15) is 0 Å². The minimum atomic E-state index is -3.31. The first-order valence-electron chi connectivity index (χ1n) is 6.01. The van der Waals surface area contributed by atoms with Crippen molar-refractivity contribution in [3.05, 3.63) is 28.7 Å². The maximum Gasteiger partial charge on any atom is 0.328 e. The van der Waals surface area contributed by atoms with E-state index in [1.165, 1.54) is 9.13 Å². The number of nitrogens with one attached hydrogen (secondary N) is 1. The number of hydrogen-bond acceptors (Lipinski definition) is 3. The number of aryl methyl sites for hydroxylation is 2. The third kappa shape index (κ3) is 2.51. The first-order chi connectivity index (χ1) is 8.85. The average Bonchev–Trinajstić information content (AvgIpc) is 2.54. The number of fused-ring (bicyclic) bond motifs is 1. The van der Waals surface area contributed by atoms with E-state index >= 15 is 0 Å². The van der Waals surface area contributed by atoms with Crippen LogP contribution in [-0.2, 0) is 24.1 Å². The van der Waals surface area contributed by atoms with E-state index in [1.807, 2.05) is 6.92 Å². The van der Waals surface area contributed by atoms with Crippen molar-refractivity contribution in [2.75, 3.05) is 10.5 Å². The van der Waals surface area contributed by atoms with Crippen LogP contribution in [0.1, 0.15) is 13.3 Å². The summed E-state index contributed by atoms with van der Waals surface area (Å²) in [4.78, 5) is 11.8. The Morgan fingerprint density at radius 3 is 2.42 bits per heavy atom. The van der Waals surface area contributed by atoms with Gasteiger partial charge >= 0.3 is 5.69 Å². The molecule has 19 heavy (non-hydrogen) atoms. The lowest BCUT2D eigenvalue weighted by atomic mass is 10.3. The van der Waals surface area contributed by atoms with Gasteiger partial charge in [0.15, 0.2) is 0 Å². The van der Waals surface area contributed by atoms with Crippen LogP contribution in [0.25, 0.3) is 11.0 Å². The fourth-order valence-corrected chi connectivity index (χ4v) is 3.20. The Morgan fingerprint density at radius 1 is 1.16 bits per heavy atom. The van der Waals surface area contributed by atoms with Crippen molar-refractivity contribution in [1.29, 1.82) is 0 Å². The molecule has 0 bridgehead atoms. The van der Waals surface area contributed by atoms with Gasteiger partial charge in [0, 0.05) is 14.1 Å². The van der Waals surface area contributed by atoms with Crippen molar-refractivity contribution in [2.24, 2.45) is 14.1 Å². The maximum atomic E-state index is 11.8. The molecule has 1 aromatic heterocycles. The molecule has 1 aromatic carbocycles. The molecule has 0 fully saturated rings. The van der Waals surface area contributed by atoms with Gasteiger partial charge < -0.3 is 0 Å². The molecule has 2 rings (SSSR count). The van der Waals surface area contributed by atoms with Crippen molar-refractivity contribution >= 4 is 26.7 Å². The summed E-state index contributed by atoms with van der Waals surface area (Å²) in [5.74, 6) is 0.0821. The molecule has 0 atom stereocenters. The molecule has 0 spiro atoms. The van der Waals surface area contributed by atoms with Crippen LogP contribution in [0, 0.1) is 0 Å². The minimum absolute atomic E-state index is 0.0821. The number of benzene rings is 1. The van der Waals surface area contributed by atoms with Crippen molar-refractivity contribution in [2.45, 2.75) is 13.3 Å². The van der Waals surface area contributed by atoms with Crippen LogP contribution in [-0.4, -0.2) is 23.3 Å². The third-order valence-corrected chi connectivity index (χ3v) is 4.51. The van der Waals surface area contributed by atoms with Gasteiger partial charge in [0.25, 0.3) is 0 Å². The highest BCUT2D eigenvalue weighted by Crippen LogP contribution is 2.18. The predicted octanol–water partition coefficient (Wildman–Crippen LogP) is 1.03. The van der Waals surface area contributed by atoms with E-state index in [4.69, 9.17) is 0 Å². The smallest absolute Gasteiger partial charge is 0.295 e. The molecule has 7 heteroatoms. The summed E-state index contributed by atoms with van der Waals surface area (Å²) in [5.41, 5.74) is 1.81. The Bertz CT molecular complexity index is 771. The standard InChI is InChI=1S/C12H17N3O3S/c1-4-7-19(17,18)13-9-5-6-10-11(8-9)15(3)12(16)14(10)2/h5-6,8,13H,4,7H2,1-3H3. The zero-order valence-corrected chi connectivity index (χ0v) is 12.0. The van der Waals surface area contributed by atoms with Crippen LogP contribution >= 0.6 is 0 Å². The lowest BCUT2D eigenvalue weighted by Crippen LogP contribution is -2.19. The van der Waals surface area contributed by atoms with Crippen LogP contribution in [0.5, 0.6) is 0 Å². The largest absolute Gasteiger partial charge is 0.328 e. The second-order valence-corrected chi connectivity index (χ2v) is 6.37. The number of hydrogen-bond donors (Lipinski definition) is 1. The normalized spacial score (nSPS) is 11.9. The Morgan fingerprint density at radius 2 is 1.79 bits per heavy atom. The molecule has 2 aromatic rings. The van der Waals surface area contributed by atoms with E-state index in [-0.39, 0.29) is 11.4 Å². The van der Waals surface area contributed by atoms with E-state index in [0.29, 0.717) is 17.6 Å². The Hall–Kier alpha value is -1.76. The van der Waals surface area contributed by atoms with Crippen molar-refractivity contribution in [1.82, 2.24) is 9.13 Å². The van der Waals surface area contributed by atoms with E-state index in [2.05, 4.69) is 4.72 Å². The Balaban J connectivity index is 2.48. The molecule has 1 heterocycles. The van der Waals surface area contributed by atoms with Crippen LogP contribution in [0.3, 0.4) is 0 Å². The highest BCUT2D eigenvalue weighted by molar-refractivity contribution is 7.92. The summed E-state index contributed by atoms with van der Waals surface area (Å²) in [6, 6.07) is 5.07. The zero-order valence-electron chi connectivity index (χ0n) is 11.2. The van der Waals surface area contributed by atoms with Gasteiger partial charge in [-0.1, -0.05) is 6.92 Å². The molecule has 0 aliphatic heterocycles. The van der Waals surface area contributed by atoms with Gasteiger partial charge in [0.05, 0.1) is 22.5 Å². The fraction of sp³-hybridized carbons (Fsp3) is 0.417. The average molecular weight is 283 g/mol. The maximum absolute atomic E-state index is 11.8. The quantitative estimate of drug-likeness (QED) is 0.910. The fourth-order valence-electron chi connectivity index (χ4n) is 2.07. The third-order valence-electron chi connectivity index (χ3n) is 3.02. The van der Waals surface area contributed by atoms with Crippen LogP contribution in [0.2, 0.25) is 0 Å². The molecular formula is C12H17N3O3S. The molecule has 0 aliphatic carbocycles. The summed E-state index contributed by atoms with van der Waals surface area (Å²) in [5, 5.41) is 0. The molecule has 0 radical (unpaired) electrons. The number of nitrogens with zero attached hydrogens (tertiary/aromatic N) is 2. The Labute approximate surface area is 111 Å². The Kier molecular flexibility index (Phi) is 3.40. The van der Waals surface area contributed by atoms with Crippen LogP contribution in [0.4, 0.5) is 5.69 Å². The van der Waals surface area contributed by atoms with E-state index in [0.717, 1.165) is 5.52 Å². The lowest BCUT2D eigenvalue weighted by molar-refractivity contribution is 0.600. The molecule has 0 aliphatic rings. The summed E-state index contributed by atoms with van der Waals surface area (Å²) >= 11 is 0. The molecule has 6 nitrogen and oxygen atoms in total. The highest BCUT2D eigenvalue weighted by atomic mass is 32.2. The monoisotopic (exact) mass is 283 g/mol. The van der Waals surface area contributed by atoms with Crippen molar-refractivity contribution in [3.63, 3.8) is 0 Å². The first kappa shape index (κ1) is 13.7. The topological polar surface area (TPSA) is 73.1 Å². The number of anilines is 1. The van der Waals surface area contributed by atoms with Gasteiger partial charge in [-0.15, -0.1) is 0 Å². The van der Waals surface area contributed by atoms with E-state index in [1.54, 1.807) is 32.3 Å². The molecule has 104 valence electrons. The van der Waals surface area contributed by atoms with Gasteiger partial charge in [-0.05, 0) is 24.6 Å². The van der Waals surface area contributed by atoms with Gasteiger partial charge in [-0.2, -0.15) is 0 Å². The number of aromatic nitrogens is 2. The highest BCUT2D eigenvalue weighted by Gasteiger charge is 2.12. The van der Waals surface area contributed by atoms with E-state index < -0.39 is 10.0 Å². The molecular weight excluding hydrogens is 266 g/mol. The SMILES string of the molecule is CCCS(=O)(=O)Nc1ccc2c(c1)n(C)c(=O)n2C. The number of sulfonamides is 1. The van der Waals surface area contributed by atoms with Crippen LogP contribution < -0.4 is 10.4 Å². The van der Waals surface area contributed by atoms with Gasteiger partial charge in [0.2, 0.25) is 10.0 Å². The zero-order chi connectivity index (χ0) is 14.2. The second-order valence-electron chi connectivity index (χ2n) is 4.53. The lowest BCUT2D eigenvalue weighted by Gasteiger charge is -2.07. The summed E-state index contributed by atoms with van der Waals surface area (Å²) < 4.78 is 29.0. The number of imidazole rings is 1. The van der Waals surface area contributed by atoms with Crippen molar-refractivity contribution < 1.29 is 8.42 Å². The molecule has 0 unspecified atom stereocenters. The molecule has 0 amide bonds. The summed E-state index contributed by atoms with van der Waals surface area (Å²) in [6.07, 6.45) is 0.557. The number of rotatable bonds is 4. The first-order valence-corrected chi connectivity index (χ1v) is 7.67. The minimum Gasteiger partial charge on any atom is -0.295 e. The van der Waals surface area contributed by atoms with Crippen molar-refractivity contribution in [3.8, 4) is 0 Å². The molecule has 1 N–H and O–H groups in total. The van der Waals surface area contributed by atoms with E-state index in [9.17, 15) is 13.2 Å². The molecule has 0 saturated carbocycles.